The van der Waals surface area contributed by atoms with Crippen LogP contribution in [0.2, 0.25) is 0 Å². The summed E-state index contributed by atoms with van der Waals surface area (Å²) in [5.41, 5.74) is 2.48. The molecule has 0 saturated heterocycles. The Labute approximate surface area is 141 Å². The lowest BCUT2D eigenvalue weighted by Gasteiger charge is -2.31. The summed E-state index contributed by atoms with van der Waals surface area (Å²) in [4.78, 5) is 4.37. The van der Waals surface area contributed by atoms with E-state index in [2.05, 4.69) is 51.8 Å². The highest BCUT2D eigenvalue weighted by Crippen LogP contribution is 2.37. The Morgan fingerprint density at radius 2 is 1.88 bits per heavy atom. The molecule has 0 bridgehead atoms. The van der Waals surface area contributed by atoms with Gasteiger partial charge in [0, 0.05) is 0 Å². The van der Waals surface area contributed by atoms with E-state index in [9.17, 15) is 0 Å². The maximum absolute atomic E-state index is 5.54. The fourth-order valence-electron chi connectivity index (χ4n) is 3.25. The Hall–Kier alpha value is -2.82. The maximum Gasteiger partial charge on any atom is 0.222 e. The first-order chi connectivity index (χ1) is 11.8. The van der Waals surface area contributed by atoms with E-state index in [4.69, 9.17) is 4.74 Å². The third-order valence-corrected chi connectivity index (χ3v) is 4.41. The predicted octanol–water partition coefficient (Wildman–Crippen LogP) is 3.82. The first-order valence-electron chi connectivity index (χ1n) is 8.29. The Bertz CT molecular complexity index is 798. The largest absolute Gasteiger partial charge is 0.494 e. The van der Waals surface area contributed by atoms with Crippen LogP contribution < -0.4 is 10.1 Å². The van der Waals surface area contributed by atoms with E-state index < -0.39 is 0 Å². The zero-order valence-electron chi connectivity index (χ0n) is 13.6. The average molecular weight is 320 g/mol. The van der Waals surface area contributed by atoms with Gasteiger partial charge >= 0.3 is 0 Å². The molecule has 5 heteroatoms. The van der Waals surface area contributed by atoms with Gasteiger partial charge in [-0.2, -0.15) is 10.1 Å². The fraction of sp³-hybridized carbons (Fsp3) is 0.263. The van der Waals surface area contributed by atoms with Gasteiger partial charge in [-0.1, -0.05) is 42.5 Å². The molecule has 1 aromatic heterocycles. The average Bonchev–Trinajstić information content (AvgIpc) is 3.11. The number of hydrogen-bond acceptors (Lipinski definition) is 4. The van der Waals surface area contributed by atoms with Crippen LogP contribution in [0.5, 0.6) is 5.75 Å². The van der Waals surface area contributed by atoms with E-state index >= 15 is 0 Å². The molecular weight excluding hydrogens is 300 g/mol. The molecule has 5 nitrogen and oxygen atoms in total. The Morgan fingerprint density at radius 3 is 2.62 bits per heavy atom. The van der Waals surface area contributed by atoms with Crippen molar-refractivity contribution in [3.8, 4) is 5.75 Å². The van der Waals surface area contributed by atoms with Crippen LogP contribution in [0.4, 0.5) is 5.95 Å². The highest BCUT2D eigenvalue weighted by Gasteiger charge is 2.29. The first kappa shape index (κ1) is 14.8. The standard InChI is InChI=1S/C19H20N4O/c1-2-24-16-10-8-14(9-11-16)17-12-18(15-6-4-3-5-7-15)23-19(22-17)20-13-21-23/h3-11,13,17-18H,2,12H2,1H3,(H,20,21,22)/t17-,18-/m0/s1. The second kappa shape index (κ2) is 6.35. The molecule has 0 amide bonds. The molecule has 0 saturated carbocycles. The molecule has 122 valence electrons. The third-order valence-electron chi connectivity index (χ3n) is 4.41. The van der Waals surface area contributed by atoms with Crippen LogP contribution in [0.25, 0.3) is 0 Å². The second-order valence-corrected chi connectivity index (χ2v) is 5.89. The monoisotopic (exact) mass is 320 g/mol. The van der Waals surface area contributed by atoms with Gasteiger partial charge in [0.05, 0.1) is 18.7 Å². The highest BCUT2D eigenvalue weighted by molar-refractivity contribution is 5.39. The van der Waals surface area contributed by atoms with Crippen LogP contribution in [-0.2, 0) is 0 Å². The van der Waals surface area contributed by atoms with Crippen molar-refractivity contribution in [1.82, 2.24) is 14.8 Å². The molecule has 0 unspecified atom stereocenters. The number of hydrogen-bond donors (Lipinski definition) is 1. The van der Waals surface area contributed by atoms with Crippen LogP contribution in [-0.4, -0.2) is 21.4 Å². The number of rotatable bonds is 4. The number of nitrogens with zero attached hydrogens (tertiary/aromatic N) is 3. The second-order valence-electron chi connectivity index (χ2n) is 5.89. The van der Waals surface area contributed by atoms with Gasteiger partial charge in [0.25, 0.3) is 0 Å². The SMILES string of the molecule is CCOc1ccc([C@@H]2C[C@@H](c3ccccc3)n3ncnc3N2)cc1. The molecule has 1 N–H and O–H groups in total. The number of aromatic nitrogens is 3. The number of fused-ring (bicyclic) bond motifs is 1. The van der Waals surface area contributed by atoms with Gasteiger partial charge in [0.2, 0.25) is 5.95 Å². The van der Waals surface area contributed by atoms with E-state index in [1.165, 1.54) is 11.1 Å². The van der Waals surface area contributed by atoms with Crippen molar-refractivity contribution in [1.29, 1.82) is 0 Å². The summed E-state index contributed by atoms with van der Waals surface area (Å²) in [6.45, 7) is 2.67. The summed E-state index contributed by atoms with van der Waals surface area (Å²) >= 11 is 0. The van der Waals surface area contributed by atoms with Gasteiger partial charge < -0.3 is 10.1 Å². The summed E-state index contributed by atoms with van der Waals surface area (Å²) in [6.07, 6.45) is 2.53. The molecule has 0 radical (unpaired) electrons. The molecule has 2 aromatic carbocycles. The van der Waals surface area contributed by atoms with Gasteiger partial charge in [0.15, 0.2) is 0 Å². The van der Waals surface area contributed by atoms with Crippen molar-refractivity contribution in [2.45, 2.75) is 25.4 Å². The number of anilines is 1. The summed E-state index contributed by atoms with van der Waals surface area (Å²) in [5, 5.41) is 7.90. The van der Waals surface area contributed by atoms with Gasteiger partial charge in [0.1, 0.15) is 12.1 Å². The van der Waals surface area contributed by atoms with Crippen LogP contribution in [0.3, 0.4) is 0 Å². The van der Waals surface area contributed by atoms with Crippen molar-refractivity contribution >= 4 is 5.95 Å². The minimum absolute atomic E-state index is 0.182. The number of nitrogens with one attached hydrogen (secondary N) is 1. The summed E-state index contributed by atoms with van der Waals surface area (Å²) in [5.74, 6) is 1.72. The van der Waals surface area contributed by atoms with Crippen LogP contribution >= 0.6 is 0 Å². The van der Waals surface area contributed by atoms with Crippen molar-refractivity contribution in [2.75, 3.05) is 11.9 Å². The van der Waals surface area contributed by atoms with Crippen molar-refractivity contribution in [3.63, 3.8) is 0 Å². The normalized spacial score (nSPS) is 19.4. The molecule has 1 aliphatic heterocycles. The lowest BCUT2D eigenvalue weighted by molar-refractivity contribution is 0.340. The van der Waals surface area contributed by atoms with E-state index in [0.29, 0.717) is 6.61 Å². The number of ether oxygens (including phenoxy) is 1. The van der Waals surface area contributed by atoms with Gasteiger partial charge in [-0.25, -0.2) is 4.68 Å². The minimum atomic E-state index is 0.182. The number of benzene rings is 2. The van der Waals surface area contributed by atoms with E-state index in [-0.39, 0.29) is 12.1 Å². The zero-order valence-corrected chi connectivity index (χ0v) is 13.6. The maximum atomic E-state index is 5.54. The Balaban J connectivity index is 1.64. The van der Waals surface area contributed by atoms with Gasteiger partial charge in [-0.15, -0.1) is 0 Å². The van der Waals surface area contributed by atoms with Crippen molar-refractivity contribution < 1.29 is 4.74 Å². The highest BCUT2D eigenvalue weighted by atomic mass is 16.5. The quantitative estimate of drug-likeness (QED) is 0.794. The van der Waals surface area contributed by atoms with Crippen LogP contribution in [0.1, 0.15) is 36.6 Å². The third kappa shape index (κ3) is 2.73. The van der Waals surface area contributed by atoms with E-state index in [1.807, 2.05) is 29.8 Å². The molecular formula is C19H20N4O. The molecule has 1 aliphatic rings. The lowest BCUT2D eigenvalue weighted by atomic mass is 9.93. The molecule has 0 spiro atoms. The van der Waals surface area contributed by atoms with Gasteiger partial charge in [-0.05, 0) is 36.6 Å². The zero-order chi connectivity index (χ0) is 16.4. The molecule has 2 heterocycles. The smallest absolute Gasteiger partial charge is 0.222 e. The Kier molecular flexibility index (Phi) is 3.91. The van der Waals surface area contributed by atoms with Crippen LogP contribution in [0, 0.1) is 0 Å². The topological polar surface area (TPSA) is 52.0 Å². The van der Waals surface area contributed by atoms with Crippen LogP contribution in [0.15, 0.2) is 60.9 Å². The first-order valence-corrected chi connectivity index (χ1v) is 8.29. The predicted molar refractivity (Wildman–Crippen MR) is 93.2 cm³/mol. The molecule has 24 heavy (non-hydrogen) atoms. The van der Waals surface area contributed by atoms with Crippen molar-refractivity contribution in [3.05, 3.63) is 72.1 Å². The van der Waals surface area contributed by atoms with E-state index in [1.54, 1.807) is 6.33 Å². The summed E-state index contributed by atoms with van der Waals surface area (Å²) in [6, 6.07) is 19.1. The summed E-state index contributed by atoms with van der Waals surface area (Å²) in [7, 11) is 0. The Morgan fingerprint density at radius 1 is 1.08 bits per heavy atom. The van der Waals surface area contributed by atoms with Crippen molar-refractivity contribution in [2.24, 2.45) is 0 Å². The molecule has 2 atom stereocenters. The molecule has 0 aliphatic carbocycles. The summed E-state index contributed by atoms with van der Waals surface area (Å²) < 4.78 is 7.51. The lowest BCUT2D eigenvalue weighted by Crippen LogP contribution is -2.28. The minimum Gasteiger partial charge on any atom is -0.494 e. The molecule has 4 rings (SSSR count). The molecule has 0 fully saturated rings. The van der Waals surface area contributed by atoms with Gasteiger partial charge in [-0.3, -0.25) is 0 Å². The fourth-order valence-corrected chi connectivity index (χ4v) is 3.25. The van der Waals surface area contributed by atoms with E-state index in [0.717, 1.165) is 18.1 Å². The molecule has 3 aromatic rings.